The number of halogens is 1. The minimum atomic E-state index is 0. The number of aromatic nitrogens is 1. The van der Waals surface area contributed by atoms with E-state index in [0.29, 0.717) is 0 Å². The number of hydrogen-bond acceptors (Lipinski definition) is 1. The molecule has 3 heteroatoms. The number of aryl methyl sites for hydroxylation is 1. The normalized spacial score (nSPS) is 11.8. The van der Waals surface area contributed by atoms with Gasteiger partial charge >= 0.3 is 0 Å². The number of rotatable bonds is 10. The van der Waals surface area contributed by atoms with E-state index in [1.54, 1.807) is 0 Å². The molecule has 2 rings (SSSR count). The van der Waals surface area contributed by atoms with Crippen molar-refractivity contribution in [3.8, 4) is 5.75 Å². The molecule has 0 spiro atoms. The quantitative estimate of drug-likeness (QED) is 0.438. The predicted molar refractivity (Wildman–Crippen MR) is 114 cm³/mol. The molecule has 0 aliphatic rings. The second-order valence-electron chi connectivity index (χ2n) is 8.85. The van der Waals surface area contributed by atoms with Crippen LogP contribution < -0.4 is 21.7 Å². The summed E-state index contributed by atoms with van der Waals surface area (Å²) in [6, 6.07) is 13.1. The van der Waals surface area contributed by atoms with Gasteiger partial charge in [0, 0.05) is 24.1 Å². The van der Waals surface area contributed by atoms with Gasteiger partial charge in [-0.15, -0.1) is 0 Å². The molecule has 0 aliphatic heterocycles. The van der Waals surface area contributed by atoms with Gasteiger partial charge in [0.1, 0.15) is 12.3 Å². The van der Waals surface area contributed by atoms with Crippen LogP contribution in [0.2, 0.25) is 0 Å². The van der Waals surface area contributed by atoms with Crippen LogP contribution in [0.15, 0.2) is 48.8 Å². The lowest BCUT2D eigenvalue weighted by molar-refractivity contribution is -0.697. The fraction of sp³-hybridized carbons (Fsp3) is 0.560. The second kappa shape index (κ2) is 10.9. The molecule has 2 aromatic rings. The average Bonchev–Trinajstić information content (AvgIpc) is 2.68. The zero-order chi connectivity index (χ0) is 19.9. The van der Waals surface area contributed by atoms with E-state index in [2.05, 4.69) is 94.9 Å². The molecular formula is C25H38ClNO. The van der Waals surface area contributed by atoms with Gasteiger partial charge in [0.25, 0.3) is 0 Å². The van der Waals surface area contributed by atoms with E-state index in [4.69, 9.17) is 4.74 Å². The van der Waals surface area contributed by atoms with Gasteiger partial charge in [-0.1, -0.05) is 59.7 Å². The van der Waals surface area contributed by atoms with Crippen LogP contribution in [0.5, 0.6) is 5.75 Å². The van der Waals surface area contributed by atoms with Gasteiger partial charge in [-0.3, -0.25) is 0 Å². The fourth-order valence-electron chi connectivity index (χ4n) is 3.16. The number of unbranched alkanes of at least 4 members (excludes halogenated alkanes) is 1. The molecular weight excluding hydrogens is 366 g/mol. The van der Waals surface area contributed by atoms with Gasteiger partial charge < -0.3 is 17.1 Å². The van der Waals surface area contributed by atoms with Gasteiger partial charge in [0.2, 0.25) is 0 Å². The van der Waals surface area contributed by atoms with E-state index >= 15 is 0 Å². The average molecular weight is 404 g/mol. The molecule has 0 atom stereocenters. The Morgan fingerprint density at radius 3 is 2.11 bits per heavy atom. The number of ether oxygens (including phenoxy) is 1. The van der Waals surface area contributed by atoms with Crippen LogP contribution in [0.1, 0.15) is 78.4 Å². The molecule has 0 N–H and O–H groups in total. The molecule has 0 fully saturated rings. The van der Waals surface area contributed by atoms with Gasteiger partial charge in [-0.2, -0.15) is 0 Å². The highest BCUT2D eigenvalue weighted by atomic mass is 35.5. The van der Waals surface area contributed by atoms with Crippen molar-refractivity contribution in [3.05, 3.63) is 59.9 Å². The first kappa shape index (κ1) is 24.5. The lowest BCUT2D eigenvalue weighted by Crippen LogP contribution is -3.00. The highest BCUT2D eigenvalue weighted by Gasteiger charge is 2.26. The summed E-state index contributed by atoms with van der Waals surface area (Å²) in [5.41, 5.74) is 3.08. The van der Waals surface area contributed by atoms with Crippen molar-refractivity contribution in [2.45, 2.75) is 84.6 Å². The first-order valence-corrected chi connectivity index (χ1v) is 10.5. The Kier molecular flexibility index (Phi) is 9.50. The van der Waals surface area contributed by atoms with Crippen LogP contribution in [-0.4, -0.2) is 6.61 Å². The molecule has 0 aliphatic carbocycles. The lowest BCUT2D eigenvalue weighted by atomic mass is 9.76. The smallest absolute Gasteiger partial charge is 0.168 e. The minimum absolute atomic E-state index is 0. The fourth-order valence-corrected chi connectivity index (χ4v) is 3.16. The van der Waals surface area contributed by atoms with Crippen LogP contribution in [-0.2, 0) is 17.4 Å². The zero-order valence-electron chi connectivity index (χ0n) is 18.6. The Balaban J connectivity index is 0.00000392. The molecule has 0 saturated carbocycles. The molecule has 1 aromatic heterocycles. The summed E-state index contributed by atoms with van der Waals surface area (Å²) in [4.78, 5) is 0. The SMILES string of the molecule is CCC(C)(C)c1ccc(OCCCC[n+]2ccccc2)c(C(C)(C)CC)c1.[Cl-]. The molecule has 0 bridgehead atoms. The third-order valence-corrected chi connectivity index (χ3v) is 6.10. The van der Waals surface area contributed by atoms with Crippen molar-refractivity contribution in [1.29, 1.82) is 0 Å². The van der Waals surface area contributed by atoms with Crippen LogP contribution in [0, 0.1) is 0 Å². The Hall–Kier alpha value is -1.54. The number of pyridine rings is 1. The largest absolute Gasteiger partial charge is 1.00 e. The van der Waals surface area contributed by atoms with Crippen molar-refractivity contribution in [1.82, 2.24) is 0 Å². The Bertz CT molecular complexity index is 710. The second-order valence-corrected chi connectivity index (χ2v) is 8.85. The maximum Gasteiger partial charge on any atom is 0.168 e. The highest BCUT2D eigenvalue weighted by molar-refractivity contribution is 5.44. The topological polar surface area (TPSA) is 13.1 Å². The molecule has 156 valence electrons. The molecule has 1 aromatic carbocycles. The van der Waals surface area contributed by atoms with E-state index in [1.807, 2.05) is 0 Å². The van der Waals surface area contributed by atoms with Gasteiger partial charge in [0.05, 0.1) is 6.61 Å². The number of benzene rings is 1. The van der Waals surface area contributed by atoms with Crippen molar-refractivity contribution >= 4 is 0 Å². The lowest BCUT2D eigenvalue weighted by Gasteiger charge is -2.30. The third-order valence-electron chi connectivity index (χ3n) is 6.10. The maximum atomic E-state index is 6.26. The molecule has 2 nitrogen and oxygen atoms in total. The van der Waals surface area contributed by atoms with Crippen molar-refractivity contribution in [2.75, 3.05) is 6.61 Å². The van der Waals surface area contributed by atoms with E-state index in [-0.39, 0.29) is 23.2 Å². The number of nitrogens with zero attached hydrogens (tertiary/aromatic N) is 1. The van der Waals surface area contributed by atoms with E-state index in [0.717, 1.165) is 44.6 Å². The van der Waals surface area contributed by atoms with Gasteiger partial charge in [-0.25, -0.2) is 4.57 Å². The minimum Gasteiger partial charge on any atom is -1.00 e. The zero-order valence-corrected chi connectivity index (χ0v) is 19.4. The summed E-state index contributed by atoms with van der Waals surface area (Å²) < 4.78 is 8.48. The standard InChI is InChI=1S/C25H38NO.ClH/c1-7-24(3,4)21-14-15-23(22(20-21)25(5,6)8-2)27-19-13-12-18-26-16-10-9-11-17-26;/h9-11,14-17,20H,7-8,12-13,18-19H2,1-6H3;1H/q+1;/p-1. The summed E-state index contributed by atoms with van der Waals surface area (Å²) in [5, 5.41) is 0. The Labute approximate surface area is 178 Å². The number of hydrogen-bond donors (Lipinski definition) is 0. The first-order chi connectivity index (χ1) is 12.8. The van der Waals surface area contributed by atoms with Crippen LogP contribution >= 0.6 is 0 Å². The molecule has 0 saturated heterocycles. The van der Waals surface area contributed by atoms with Crippen molar-refractivity contribution in [2.24, 2.45) is 0 Å². The predicted octanol–water partition coefficient (Wildman–Crippen LogP) is 3.21. The molecule has 0 radical (unpaired) electrons. The van der Waals surface area contributed by atoms with Crippen LogP contribution in [0.3, 0.4) is 0 Å². The summed E-state index contributed by atoms with van der Waals surface area (Å²) in [5.74, 6) is 1.06. The highest BCUT2D eigenvalue weighted by Crippen LogP contribution is 2.38. The molecule has 0 amide bonds. The van der Waals surface area contributed by atoms with Crippen molar-refractivity contribution < 1.29 is 21.7 Å². The van der Waals surface area contributed by atoms with Gasteiger partial charge in [-0.05, 0) is 41.7 Å². The van der Waals surface area contributed by atoms with Crippen molar-refractivity contribution in [3.63, 3.8) is 0 Å². The van der Waals surface area contributed by atoms with Crippen LogP contribution in [0.4, 0.5) is 0 Å². The monoisotopic (exact) mass is 403 g/mol. The summed E-state index contributed by atoms with van der Waals surface area (Å²) in [6.45, 7) is 15.6. The molecule has 0 unspecified atom stereocenters. The third kappa shape index (κ3) is 6.51. The van der Waals surface area contributed by atoms with E-state index in [9.17, 15) is 0 Å². The molecule has 1 heterocycles. The van der Waals surface area contributed by atoms with Crippen LogP contribution in [0.25, 0.3) is 0 Å². The summed E-state index contributed by atoms with van der Waals surface area (Å²) >= 11 is 0. The maximum absolute atomic E-state index is 6.26. The summed E-state index contributed by atoms with van der Waals surface area (Å²) in [6.07, 6.45) is 8.67. The molecule has 28 heavy (non-hydrogen) atoms. The summed E-state index contributed by atoms with van der Waals surface area (Å²) in [7, 11) is 0. The van der Waals surface area contributed by atoms with Gasteiger partial charge in [0.15, 0.2) is 12.4 Å². The Morgan fingerprint density at radius 1 is 0.857 bits per heavy atom. The van der Waals surface area contributed by atoms with E-state index in [1.165, 1.54) is 11.1 Å². The Morgan fingerprint density at radius 2 is 1.50 bits per heavy atom. The van der Waals surface area contributed by atoms with E-state index < -0.39 is 0 Å². The first-order valence-electron chi connectivity index (χ1n) is 10.5.